The Balaban J connectivity index is 2.22. The summed E-state index contributed by atoms with van der Waals surface area (Å²) in [5, 5.41) is 0.479. The van der Waals surface area contributed by atoms with Gasteiger partial charge in [-0.2, -0.15) is 0 Å². The summed E-state index contributed by atoms with van der Waals surface area (Å²) in [5.74, 6) is 1.83. The minimum Gasteiger partial charge on any atom is -0.123 e. The van der Waals surface area contributed by atoms with Crippen LogP contribution < -0.4 is 0 Å². The van der Waals surface area contributed by atoms with E-state index in [4.69, 9.17) is 11.6 Å². The second kappa shape index (κ2) is 5.11. The fourth-order valence-electron chi connectivity index (χ4n) is 2.18. The van der Waals surface area contributed by atoms with Crippen LogP contribution in [0.2, 0.25) is 0 Å². The van der Waals surface area contributed by atoms with Crippen molar-refractivity contribution in [3.63, 3.8) is 0 Å². The molecule has 1 aliphatic rings. The standard InChI is InChI=1S/C11H21Cl/c1-3-9(2)7-10-5-4-6-11(12)8-10/h9-11H,3-8H2,1-2H3. The zero-order valence-electron chi connectivity index (χ0n) is 8.35. The highest BCUT2D eigenvalue weighted by Crippen LogP contribution is 2.32. The molecule has 0 spiro atoms. The summed E-state index contributed by atoms with van der Waals surface area (Å²) < 4.78 is 0. The second-order valence-electron chi connectivity index (χ2n) is 4.38. The number of alkyl halides is 1. The molecular formula is C11H21Cl. The molecule has 0 heterocycles. The molecule has 1 aliphatic carbocycles. The summed E-state index contributed by atoms with van der Waals surface area (Å²) in [4.78, 5) is 0. The maximum atomic E-state index is 6.14. The van der Waals surface area contributed by atoms with Gasteiger partial charge in [-0.3, -0.25) is 0 Å². The number of halogens is 1. The maximum absolute atomic E-state index is 6.14. The largest absolute Gasteiger partial charge is 0.123 e. The Morgan fingerprint density at radius 3 is 2.75 bits per heavy atom. The molecule has 12 heavy (non-hydrogen) atoms. The van der Waals surface area contributed by atoms with E-state index in [1.807, 2.05) is 0 Å². The summed E-state index contributed by atoms with van der Waals surface area (Å²) in [7, 11) is 0. The average Bonchev–Trinajstić information content (AvgIpc) is 2.04. The zero-order valence-corrected chi connectivity index (χ0v) is 9.11. The molecule has 3 atom stereocenters. The monoisotopic (exact) mass is 188 g/mol. The molecule has 0 aromatic carbocycles. The van der Waals surface area contributed by atoms with Gasteiger partial charge in [0.05, 0.1) is 0 Å². The van der Waals surface area contributed by atoms with Crippen molar-refractivity contribution in [1.82, 2.24) is 0 Å². The fourth-order valence-corrected chi connectivity index (χ4v) is 2.58. The molecule has 1 heteroatoms. The van der Waals surface area contributed by atoms with Crippen LogP contribution in [-0.4, -0.2) is 5.38 Å². The third kappa shape index (κ3) is 3.35. The first-order valence-electron chi connectivity index (χ1n) is 5.36. The normalized spacial score (nSPS) is 33.2. The molecule has 1 fully saturated rings. The predicted octanol–water partition coefficient (Wildman–Crippen LogP) is 4.22. The second-order valence-corrected chi connectivity index (χ2v) is 5.00. The Morgan fingerprint density at radius 2 is 2.17 bits per heavy atom. The minimum atomic E-state index is 0.479. The number of hydrogen-bond acceptors (Lipinski definition) is 0. The van der Waals surface area contributed by atoms with Gasteiger partial charge in [-0.15, -0.1) is 11.6 Å². The van der Waals surface area contributed by atoms with Gasteiger partial charge in [0.2, 0.25) is 0 Å². The highest BCUT2D eigenvalue weighted by molar-refractivity contribution is 6.20. The molecule has 0 N–H and O–H groups in total. The Morgan fingerprint density at radius 1 is 1.42 bits per heavy atom. The molecule has 0 aromatic rings. The lowest BCUT2D eigenvalue weighted by Gasteiger charge is -2.27. The third-order valence-electron chi connectivity index (χ3n) is 3.15. The summed E-state index contributed by atoms with van der Waals surface area (Å²) in [6.07, 6.45) is 8.02. The zero-order chi connectivity index (χ0) is 8.97. The van der Waals surface area contributed by atoms with Crippen LogP contribution in [0.5, 0.6) is 0 Å². The van der Waals surface area contributed by atoms with E-state index in [-0.39, 0.29) is 0 Å². The summed E-state index contributed by atoms with van der Waals surface area (Å²) >= 11 is 6.14. The average molecular weight is 189 g/mol. The van der Waals surface area contributed by atoms with E-state index >= 15 is 0 Å². The third-order valence-corrected chi connectivity index (χ3v) is 3.55. The molecule has 72 valence electrons. The SMILES string of the molecule is CCC(C)CC1CCCC(Cl)C1. The first-order valence-corrected chi connectivity index (χ1v) is 5.80. The van der Waals surface area contributed by atoms with Gasteiger partial charge in [0.15, 0.2) is 0 Å². The molecular weight excluding hydrogens is 168 g/mol. The lowest BCUT2D eigenvalue weighted by molar-refractivity contribution is 0.296. The lowest BCUT2D eigenvalue weighted by atomic mass is 9.82. The van der Waals surface area contributed by atoms with Crippen molar-refractivity contribution in [2.24, 2.45) is 11.8 Å². The Bertz CT molecular complexity index is 122. The summed E-state index contributed by atoms with van der Waals surface area (Å²) in [6, 6.07) is 0. The van der Waals surface area contributed by atoms with Crippen molar-refractivity contribution in [1.29, 1.82) is 0 Å². The Hall–Kier alpha value is 0.290. The fraction of sp³-hybridized carbons (Fsp3) is 1.00. The Kier molecular flexibility index (Phi) is 4.42. The van der Waals surface area contributed by atoms with Crippen molar-refractivity contribution in [3.8, 4) is 0 Å². The van der Waals surface area contributed by atoms with Crippen LogP contribution in [0, 0.1) is 11.8 Å². The van der Waals surface area contributed by atoms with E-state index in [2.05, 4.69) is 13.8 Å². The first kappa shape index (κ1) is 10.4. The molecule has 0 aliphatic heterocycles. The van der Waals surface area contributed by atoms with Gasteiger partial charge >= 0.3 is 0 Å². The quantitative estimate of drug-likeness (QED) is 0.582. The van der Waals surface area contributed by atoms with Gasteiger partial charge in [0.1, 0.15) is 0 Å². The maximum Gasteiger partial charge on any atom is 0.0338 e. The van der Waals surface area contributed by atoms with Gasteiger partial charge in [0.25, 0.3) is 0 Å². The van der Waals surface area contributed by atoms with Gasteiger partial charge < -0.3 is 0 Å². The van der Waals surface area contributed by atoms with Crippen LogP contribution in [0.15, 0.2) is 0 Å². The van der Waals surface area contributed by atoms with E-state index in [9.17, 15) is 0 Å². The van der Waals surface area contributed by atoms with Crippen LogP contribution >= 0.6 is 11.6 Å². The summed E-state index contributed by atoms with van der Waals surface area (Å²) in [6.45, 7) is 4.64. The smallest absolute Gasteiger partial charge is 0.0338 e. The van der Waals surface area contributed by atoms with E-state index < -0.39 is 0 Å². The Labute approximate surface area is 81.7 Å². The van der Waals surface area contributed by atoms with E-state index in [0.717, 1.165) is 11.8 Å². The molecule has 0 bridgehead atoms. The van der Waals surface area contributed by atoms with E-state index in [1.54, 1.807) is 0 Å². The molecule has 0 aromatic heterocycles. The van der Waals surface area contributed by atoms with Crippen LogP contribution in [0.3, 0.4) is 0 Å². The minimum absolute atomic E-state index is 0.479. The molecule has 0 saturated heterocycles. The van der Waals surface area contributed by atoms with E-state index in [1.165, 1.54) is 38.5 Å². The van der Waals surface area contributed by atoms with Crippen molar-refractivity contribution in [2.75, 3.05) is 0 Å². The van der Waals surface area contributed by atoms with Gasteiger partial charge in [-0.25, -0.2) is 0 Å². The number of hydrogen-bond donors (Lipinski definition) is 0. The van der Waals surface area contributed by atoms with Gasteiger partial charge in [0, 0.05) is 5.38 Å². The molecule has 3 unspecified atom stereocenters. The topological polar surface area (TPSA) is 0 Å². The van der Waals surface area contributed by atoms with Crippen LogP contribution in [0.25, 0.3) is 0 Å². The van der Waals surface area contributed by atoms with Crippen LogP contribution in [-0.2, 0) is 0 Å². The van der Waals surface area contributed by atoms with Crippen LogP contribution in [0.1, 0.15) is 52.4 Å². The molecule has 0 radical (unpaired) electrons. The van der Waals surface area contributed by atoms with Crippen molar-refractivity contribution in [3.05, 3.63) is 0 Å². The highest BCUT2D eigenvalue weighted by Gasteiger charge is 2.21. The lowest BCUT2D eigenvalue weighted by Crippen LogP contribution is -2.17. The first-order chi connectivity index (χ1) is 5.72. The molecule has 0 nitrogen and oxygen atoms in total. The van der Waals surface area contributed by atoms with Crippen molar-refractivity contribution in [2.45, 2.75) is 57.7 Å². The molecule has 1 saturated carbocycles. The molecule has 1 rings (SSSR count). The van der Waals surface area contributed by atoms with Gasteiger partial charge in [-0.05, 0) is 31.1 Å². The summed E-state index contributed by atoms with van der Waals surface area (Å²) in [5.41, 5.74) is 0. The van der Waals surface area contributed by atoms with Crippen molar-refractivity contribution < 1.29 is 0 Å². The van der Waals surface area contributed by atoms with Crippen LogP contribution in [0.4, 0.5) is 0 Å². The van der Waals surface area contributed by atoms with Gasteiger partial charge in [-0.1, -0.05) is 33.1 Å². The predicted molar refractivity (Wildman–Crippen MR) is 55.7 cm³/mol. The molecule has 0 amide bonds. The van der Waals surface area contributed by atoms with Crippen molar-refractivity contribution >= 4 is 11.6 Å². The van der Waals surface area contributed by atoms with E-state index in [0.29, 0.717) is 5.38 Å². The highest BCUT2D eigenvalue weighted by atomic mass is 35.5. The number of rotatable bonds is 3.